The second kappa shape index (κ2) is 24.4. The molecule has 4 saturated heterocycles. The number of alkyl halides is 4. The molecule has 0 aromatic rings. The van der Waals surface area contributed by atoms with Gasteiger partial charge in [0.2, 0.25) is 0 Å². The molecule has 4 fully saturated rings. The summed E-state index contributed by atoms with van der Waals surface area (Å²) < 4.78 is 35.8. The Morgan fingerprint density at radius 3 is 1.09 bits per heavy atom. The van der Waals surface area contributed by atoms with Crippen LogP contribution in [0.4, 0.5) is 4.39 Å². The largest absolute Gasteiger partial charge is 0.389 e. The average molecular weight is 1070 g/mol. The maximum atomic E-state index is 13.2. The zero-order valence-corrected chi connectivity index (χ0v) is 44.5. The van der Waals surface area contributed by atoms with Crippen LogP contribution in [0.5, 0.6) is 0 Å². The van der Waals surface area contributed by atoms with E-state index in [4.69, 9.17) is 30.5 Å². The summed E-state index contributed by atoms with van der Waals surface area (Å²) in [5.74, 6) is 0. The summed E-state index contributed by atoms with van der Waals surface area (Å²) in [5.41, 5.74) is 0. The first-order chi connectivity index (χ1) is 25.2. The molecule has 4 rings (SSSR count). The van der Waals surface area contributed by atoms with Gasteiger partial charge in [0.05, 0.1) is 81.3 Å². The molecular weight excluding hydrogens is 994 g/mol. The highest BCUT2D eigenvalue weighted by molar-refractivity contribution is 14.1. The molecule has 4 aliphatic rings. The third-order valence-electron chi connectivity index (χ3n) is 10.3. The topological polar surface area (TPSA) is 118 Å². The highest BCUT2D eigenvalue weighted by Crippen LogP contribution is 2.41. The second-order valence-electron chi connectivity index (χ2n) is 19.1. The van der Waals surface area contributed by atoms with Crippen LogP contribution in [0.1, 0.15) is 53.4 Å². The normalized spacial score (nSPS) is 38.9. The van der Waals surface area contributed by atoms with Gasteiger partial charge < -0.3 is 39.4 Å². The molecule has 16 heteroatoms. The molecule has 0 bridgehead atoms. The predicted octanol–water partition coefficient (Wildman–Crippen LogP) is 7.45. The van der Waals surface area contributed by atoms with Gasteiger partial charge in [0.1, 0.15) is 6.10 Å². The predicted molar refractivity (Wildman–Crippen MR) is 268 cm³/mol. The number of hydrogen-bond acceptors (Lipinski definition) is 8. The van der Waals surface area contributed by atoms with Gasteiger partial charge in [0.25, 0.3) is 0 Å². The summed E-state index contributed by atoms with van der Waals surface area (Å²) in [4.78, 5) is 0.0822. The van der Waals surface area contributed by atoms with Gasteiger partial charge in [-0.25, -0.2) is 4.39 Å². The van der Waals surface area contributed by atoms with Crippen molar-refractivity contribution in [3.63, 3.8) is 0 Å². The van der Waals surface area contributed by atoms with Crippen molar-refractivity contribution in [2.75, 3.05) is 78.0 Å². The number of hydrogen-bond donors (Lipinski definition) is 4. The van der Waals surface area contributed by atoms with Crippen molar-refractivity contribution in [3.8, 4) is 0 Å². The van der Waals surface area contributed by atoms with Crippen molar-refractivity contribution >= 4 is 103 Å². The smallest absolute Gasteiger partial charge is 0.154 e. The zero-order chi connectivity index (χ0) is 43.7. The van der Waals surface area contributed by atoms with Crippen LogP contribution in [0.2, 0.25) is 0 Å². The van der Waals surface area contributed by atoms with E-state index in [-0.39, 0.29) is 69.1 Å². The fourth-order valence-corrected chi connectivity index (χ4v) is 11.7. The lowest BCUT2D eigenvalue weighted by molar-refractivity contribution is 0.0150. The van der Waals surface area contributed by atoms with Crippen molar-refractivity contribution < 1.29 is 43.8 Å². The van der Waals surface area contributed by atoms with Crippen LogP contribution in [-0.2, 0) is 18.9 Å². The van der Waals surface area contributed by atoms with Crippen molar-refractivity contribution in [1.29, 1.82) is 0 Å². The van der Waals surface area contributed by atoms with E-state index in [0.717, 1.165) is 50.3 Å². The Kier molecular flexibility index (Phi) is 24.5. The van der Waals surface area contributed by atoms with Crippen LogP contribution < -0.4 is 0 Å². The molecule has 0 aliphatic carbocycles. The van der Waals surface area contributed by atoms with Gasteiger partial charge in [-0.2, -0.15) is 0 Å². The van der Waals surface area contributed by atoms with Crippen molar-refractivity contribution in [3.05, 3.63) is 0 Å². The van der Waals surface area contributed by atoms with E-state index < -0.39 is 52.0 Å². The van der Waals surface area contributed by atoms with Crippen LogP contribution >= 0.6 is 77.7 Å². The van der Waals surface area contributed by atoms with E-state index >= 15 is 0 Å². The molecule has 56 heavy (non-hydrogen) atoms. The Balaban J connectivity index is 0.000000373. The zero-order valence-electron chi connectivity index (χ0n) is 36.4. The van der Waals surface area contributed by atoms with Gasteiger partial charge in [-0.1, -0.05) is 38.5 Å². The standard InChI is InChI=1S/C10H20BrO2P.C10H20ClO2P.C10H20FO2P.C10H20IO2P/c4*1-7-9(11)10(12)8(13-7)5-6-14(2,3)4/h4*7-10,12H,2,5-6H2,1,3-4H3/t4*7-,8+,9?,10+/m0000/s1. The lowest BCUT2D eigenvalue weighted by Gasteiger charge is -2.18. The molecule has 0 aromatic carbocycles. The molecule has 16 atom stereocenters. The molecule has 0 spiro atoms. The fourth-order valence-electron chi connectivity index (χ4n) is 6.52. The van der Waals surface area contributed by atoms with Gasteiger partial charge in [-0.05, 0) is 131 Å². The van der Waals surface area contributed by atoms with E-state index in [0.29, 0.717) is 0 Å². The molecule has 0 saturated carbocycles. The first-order valence-corrected chi connectivity index (χ1v) is 34.7. The molecule has 4 aliphatic heterocycles. The minimum Gasteiger partial charge on any atom is -0.389 e. The summed E-state index contributed by atoms with van der Waals surface area (Å²) in [6.07, 6.45) is 20.2. The number of ether oxygens (including phenoxy) is 4. The van der Waals surface area contributed by atoms with E-state index in [1.165, 1.54) is 0 Å². The summed E-state index contributed by atoms with van der Waals surface area (Å²) in [7, 11) is 0. The minimum absolute atomic E-state index is 0.00426. The van der Waals surface area contributed by atoms with Gasteiger partial charge in [0, 0.05) is 0 Å². The highest BCUT2D eigenvalue weighted by atomic mass is 127. The Morgan fingerprint density at radius 1 is 0.536 bits per heavy atom. The van der Waals surface area contributed by atoms with Crippen LogP contribution in [0.25, 0.3) is 0 Å². The van der Waals surface area contributed by atoms with E-state index in [1.807, 2.05) is 20.8 Å². The first kappa shape index (κ1) is 56.3. The average Bonchev–Trinajstić information content (AvgIpc) is 3.66. The summed E-state index contributed by atoms with van der Waals surface area (Å²) >= 11 is 11.7. The molecule has 4 N–H and O–H groups in total. The van der Waals surface area contributed by atoms with Crippen molar-refractivity contribution in [2.45, 2.75) is 147 Å². The Bertz CT molecular complexity index is 1160. The molecule has 4 heterocycles. The van der Waals surface area contributed by atoms with Gasteiger partial charge in [-0.3, -0.25) is 0 Å². The number of aliphatic hydroxyl groups is 4. The molecule has 4 unspecified atom stereocenters. The summed E-state index contributed by atoms with van der Waals surface area (Å²) in [6, 6.07) is 0. The molecule has 8 nitrogen and oxygen atoms in total. The molecule has 336 valence electrons. The number of aliphatic hydroxyl groups excluding tert-OH is 4. The lowest BCUT2D eigenvalue weighted by atomic mass is 10.1. The highest BCUT2D eigenvalue weighted by Gasteiger charge is 2.42. The fraction of sp³-hybridized carbons (Fsp3) is 0.900. The van der Waals surface area contributed by atoms with Gasteiger partial charge >= 0.3 is 0 Å². The lowest BCUT2D eigenvalue weighted by Crippen LogP contribution is -2.28. The summed E-state index contributed by atoms with van der Waals surface area (Å²) in [5, 5.41) is 38.7. The third kappa shape index (κ3) is 21.1. The minimum atomic E-state index is -1.23. The van der Waals surface area contributed by atoms with Crippen molar-refractivity contribution in [2.24, 2.45) is 0 Å². The van der Waals surface area contributed by atoms with Gasteiger partial charge in [-0.15, -0.1) is 64.3 Å². The molecule has 0 radical (unpaired) electrons. The van der Waals surface area contributed by atoms with E-state index in [9.17, 15) is 24.8 Å². The van der Waals surface area contributed by atoms with Crippen LogP contribution in [0, 0.1) is 0 Å². The monoisotopic (exact) mass is 1070 g/mol. The van der Waals surface area contributed by atoms with E-state index in [2.05, 4.69) is 117 Å². The van der Waals surface area contributed by atoms with Gasteiger partial charge in [0.15, 0.2) is 6.17 Å². The Labute approximate surface area is 369 Å². The SMILES string of the molecule is C=P(C)(C)CC[C@H]1O[C@@H](C)C(Br)[C@@H]1O.C=P(C)(C)CC[C@H]1O[C@@H](C)C(Cl)[C@@H]1O.C=P(C)(C)CC[C@H]1O[C@@H](C)C(F)[C@@H]1O.C=P(C)(C)CC[C@H]1O[C@@H](C)C(I)[C@@H]1O. The third-order valence-corrected chi connectivity index (χ3v) is 19.8. The first-order valence-electron chi connectivity index (χ1n) is 19.8. The maximum Gasteiger partial charge on any atom is 0.154 e. The Hall–Kier alpha value is 2.31. The molecular formula is C40H80BrClFIO8P4. The quantitative estimate of drug-likeness (QED) is 0.0906. The molecule has 0 aromatic heterocycles. The van der Waals surface area contributed by atoms with Crippen molar-refractivity contribution in [1.82, 2.24) is 0 Å². The number of halogens is 4. The van der Waals surface area contributed by atoms with Crippen LogP contribution in [0.15, 0.2) is 0 Å². The maximum absolute atomic E-state index is 13.2. The summed E-state index contributed by atoms with van der Waals surface area (Å²) in [6.45, 7) is 21.0. The molecule has 0 amide bonds. The van der Waals surface area contributed by atoms with Crippen LogP contribution in [0.3, 0.4) is 0 Å². The number of rotatable bonds is 12. The van der Waals surface area contributed by atoms with E-state index in [1.54, 1.807) is 6.92 Å². The van der Waals surface area contributed by atoms with Crippen LogP contribution in [-0.4, -0.2) is 217 Å². The second-order valence-corrected chi connectivity index (χ2v) is 39.3. The Morgan fingerprint density at radius 2 is 0.839 bits per heavy atom.